The average molecular weight is 372 g/mol. The number of benzene rings is 1. The summed E-state index contributed by atoms with van der Waals surface area (Å²) in [6.45, 7) is 4.44. The van der Waals surface area contributed by atoms with Crippen molar-refractivity contribution in [2.75, 3.05) is 31.1 Å². The van der Waals surface area contributed by atoms with Crippen LogP contribution in [0.5, 0.6) is 0 Å². The number of nitrogens with two attached hydrogens (primary N) is 1. The van der Waals surface area contributed by atoms with E-state index in [2.05, 4.69) is 24.1 Å². The molecule has 0 atom stereocenters. The first-order valence-corrected chi connectivity index (χ1v) is 7.14. The normalized spacial score (nSPS) is 10.3. The Hall–Kier alpha value is -1.11. The highest BCUT2D eigenvalue weighted by Gasteiger charge is 2.27. The number of rotatable bonds is 8. The Kier molecular flexibility index (Phi) is 12.0. The van der Waals surface area contributed by atoms with Gasteiger partial charge < -0.3 is 16.0 Å². The lowest BCUT2D eigenvalue weighted by Crippen LogP contribution is -2.41. The second-order valence-corrected chi connectivity index (χ2v) is 4.87. The van der Waals surface area contributed by atoms with Crippen molar-refractivity contribution in [3.63, 3.8) is 0 Å². The smallest absolute Gasteiger partial charge is 0.277 e. The predicted octanol–water partition coefficient (Wildman–Crippen LogP) is 3.09. The molecule has 0 saturated heterocycles. The van der Waals surface area contributed by atoms with Crippen LogP contribution >= 0.6 is 24.8 Å². The maximum absolute atomic E-state index is 13.0. The summed E-state index contributed by atoms with van der Waals surface area (Å²) < 4.78 is 26.0. The minimum absolute atomic E-state index is 0. The van der Waals surface area contributed by atoms with Crippen LogP contribution in [0.15, 0.2) is 24.3 Å². The minimum Gasteiger partial charge on any atom is -0.372 e. The van der Waals surface area contributed by atoms with Crippen LogP contribution in [0.4, 0.5) is 14.5 Å². The molecular formula is C15H25Cl2F2N3O. The lowest BCUT2D eigenvalue weighted by atomic mass is 10.1. The molecule has 0 aliphatic heterocycles. The summed E-state index contributed by atoms with van der Waals surface area (Å²) >= 11 is 0. The molecule has 0 aliphatic carbocycles. The van der Waals surface area contributed by atoms with Crippen LogP contribution in [0.3, 0.4) is 0 Å². The van der Waals surface area contributed by atoms with Crippen LogP contribution < -0.4 is 16.0 Å². The standard InChI is InChI=1S/C15H23F2N3O.2ClH/c1-3-9-20(4-2)13-7-5-12(6-8-13)14(21)19-11-15(16,17)10-18;;/h5-8H,3-4,9-11,18H2,1-2H3,(H,19,21);2*1H. The molecular weight excluding hydrogens is 347 g/mol. The number of hydrogen-bond acceptors (Lipinski definition) is 3. The van der Waals surface area contributed by atoms with Crippen molar-refractivity contribution < 1.29 is 13.6 Å². The third-order valence-electron chi connectivity index (χ3n) is 3.18. The monoisotopic (exact) mass is 371 g/mol. The van der Waals surface area contributed by atoms with E-state index < -0.39 is 24.9 Å². The van der Waals surface area contributed by atoms with Crippen LogP contribution in [0.2, 0.25) is 0 Å². The third-order valence-corrected chi connectivity index (χ3v) is 3.18. The van der Waals surface area contributed by atoms with Crippen LogP contribution in [0.1, 0.15) is 30.6 Å². The molecule has 0 radical (unpaired) electrons. The quantitative estimate of drug-likeness (QED) is 0.737. The minimum atomic E-state index is -3.07. The first-order chi connectivity index (χ1) is 9.93. The Balaban J connectivity index is 0. The van der Waals surface area contributed by atoms with Crippen molar-refractivity contribution in [3.05, 3.63) is 29.8 Å². The molecule has 0 unspecified atom stereocenters. The Morgan fingerprint density at radius 2 is 1.78 bits per heavy atom. The van der Waals surface area contributed by atoms with Crippen molar-refractivity contribution in [1.82, 2.24) is 5.32 Å². The molecule has 0 saturated carbocycles. The SMILES string of the molecule is CCCN(CC)c1ccc(C(=O)NCC(F)(F)CN)cc1.Cl.Cl. The number of alkyl halides is 2. The number of halogens is 4. The van der Waals surface area contributed by atoms with Gasteiger partial charge in [-0.15, -0.1) is 24.8 Å². The summed E-state index contributed by atoms with van der Waals surface area (Å²) in [7, 11) is 0. The van der Waals surface area contributed by atoms with Gasteiger partial charge in [-0.05, 0) is 37.6 Å². The molecule has 0 fully saturated rings. The Morgan fingerprint density at radius 1 is 1.22 bits per heavy atom. The fourth-order valence-electron chi connectivity index (χ4n) is 1.95. The summed E-state index contributed by atoms with van der Waals surface area (Å²) in [6.07, 6.45) is 1.03. The maximum atomic E-state index is 13.0. The van der Waals surface area contributed by atoms with Gasteiger partial charge in [0, 0.05) is 24.3 Å². The highest BCUT2D eigenvalue weighted by molar-refractivity contribution is 5.94. The summed E-state index contributed by atoms with van der Waals surface area (Å²) in [6, 6.07) is 6.94. The van der Waals surface area contributed by atoms with Gasteiger partial charge >= 0.3 is 0 Å². The van der Waals surface area contributed by atoms with Crippen LogP contribution in [-0.4, -0.2) is 38.0 Å². The highest BCUT2D eigenvalue weighted by atomic mass is 35.5. The highest BCUT2D eigenvalue weighted by Crippen LogP contribution is 2.16. The lowest BCUT2D eigenvalue weighted by molar-refractivity contribution is 0.0118. The van der Waals surface area contributed by atoms with Gasteiger partial charge in [-0.1, -0.05) is 6.92 Å². The molecule has 23 heavy (non-hydrogen) atoms. The van der Waals surface area contributed by atoms with E-state index in [1.54, 1.807) is 12.1 Å². The number of nitrogens with one attached hydrogen (secondary N) is 1. The molecule has 3 N–H and O–H groups in total. The number of hydrogen-bond donors (Lipinski definition) is 2. The van der Waals surface area contributed by atoms with Crippen molar-refractivity contribution >= 4 is 36.4 Å². The summed E-state index contributed by atoms with van der Waals surface area (Å²) in [4.78, 5) is 14.0. The van der Waals surface area contributed by atoms with Crippen LogP contribution in [0.25, 0.3) is 0 Å². The molecule has 0 aliphatic rings. The van der Waals surface area contributed by atoms with Gasteiger partial charge in [0.2, 0.25) is 0 Å². The zero-order valence-electron chi connectivity index (χ0n) is 13.4. The first kappa shape index (κ1) is 24.1. The van der Waals surface area contributed by atoms with Crippen molar-refractivity contribution in [1.29, 1.82) is 0 Å². The summed E-state index contributed by atoms with van der Waals surface area (Å²) in [5, 5.41) is 2.20. The van der Waals surface area contributed by atoms with Gasteiger partial charge in [-0.2, -0.15) is 0 Å². The van der Waals surface area contributed by atoms with E-state index in [9.17, 15) is 13.6 Å². The van der Waals surface area contributed by atoms with Crippen molar-refractivity contribution in [2.45, 2.75) is 26.2 Å². The van der Waals surface area contributed by atoms with E-state index in [0.29, 0.717) is 5.56 Å². The number of carbonyl (C=O) groups is 1. The van der Waals surface area contributed by atoms with Crippen molar-refractivity contribution in [3.8, 4) is 0 Å². The van der Waals surface area contributed by atoms with E-state index >= 15 is 0 Å². The molecule has 1 amide bonds. The Labute approximate surface area is 148 Å². The van der Waals surface area contributed by atoms with E-state index in [0.717, 1.165) is 25.2 Å². The van der Waals surface area contributed by atoms with Gasteiger partial charge in [0.25, 0.3) is 11.8 Å². The van der Waals surface area contributed by atoms with E-state index in [1.807, 2.05) is 12.1 Å². The molecule has 0 heterocycles. The van der Waals surface area contributed by atoms with Gasteiger partial charge in [0.15, 0.2) is 0 Å². The fraction of sp³-hybridized carbons (Fsp3) is 0.533. The molecule has 1 aromatic carbocycles. The molecule has 1 aromatic rings. The Bertz CT molecular complexity index is 459. The van der Waals surface area contributed by atoms with Gasteiger partial charge in [-0.25, -0.2) is 8.78 Å². The first-order valence-electron chi connectivity index (χ1n) is 7.14. The number of amides is 1. The number of carbonyl (C=O) groups excluding carboxylic acids is 1. The fourth-order valence-corrected chi connectivity index (χ4v) is 1.95. The topological polar surface area (TPSA) is 58.4 Å². The van der Waals surface area contributed by atoms with Crippen LogP contribution in [0, 0.1) is 0 Å². The van der Waals surface area contributed by atoms with Gasteiger partial charge in [0.1, 0.15) is 0 Å². The maximum Gasteiger partial charge on any atom is 0.277 e. The molecule has 1 rings (SSSR count). The zero-order valence-corrected chi connectivity index (χ0v) is 15.0. The van der Waals surface area contributed by atoms with Gasteiger partial charge in [0.05, 0.1) is 13.1 Å². The summed E-state index contributed by atoms with van der Waals surface area (Å²) in [5.41, 5.74) is 6.30. The van der Waals surface area contributed by atoms with Gasteiger partial charge in [-0.3, -0.25) is 4.79 Å². The third kappa shape index (κ3) is 7.81. The summed E-state index contributed by atoms with van der Waals surface area (Å²) in [5.74, 6) is -3.59. The number of anilines is 1. The Morgan fingerprint density at radius 3 is 2.22 bits per heavy atom. The van der Waals surface area contributed by atoms with E-state index in [-0.39, 0.29) is 24.8 Å². The molecule has 134 valence electrons. The predicted molar refractivity (Wildman–Crippen MR) is 95.5 cm³/mol. The largest absolute Gasteiger partial charge is 0.372 e. The van der Waals surface area contributed by atoms with E-state index in [1.165, 1.54) is 0 Å². The average Bonchev–Trinajstić information content (AvgIpc) is 2.50. The lowest BCUT2D eigenvalue weighted by Gasteiger charge is -2.22. The number of nitrogens with zero attached hydrogens (tertiary/aromatic N) is 1. The molecule has 0 spiro atoms. The van der Waals surface area contributed by atoms with E-state index in [4.69, 9.17) is 5.73 Å². The molecule has 4 nitrogen and oxygen atoms in total. The van der Waals surface area contributed by atoms with Crippen molar-refractivity contribution in [2.24, 2.45) is 5.73 Å². The zero-order chi connectivity index (χ0) is 15.9. The molecule has 0 bridgehead atoms. The molecule has 8 heteroatoms. The second-order valence-electron chi connectivity index (χ2n) is 4.87. The van der Waals surface area contributed by atoms with Crippen LogP contribution in [-0.2, 0) is 0 Å². The molecule has 0 aromatic heterocycles. The second kappa shape index (κ2) is 11.4.